The van der Waals surface area contributed by atoms with Crippen LogP contribution in [0.15, 0.2) is 33.2 Å². The van der Waals surface area contributed by atoms with Crippen molar-refractivity contribution in [3.8, 4) is 0 Å². The number of amidine groups is 1. The normalized spacial score (nSPS) is 11.5. The summed E-state index contributed by atoms with van der Waals surface area (Å²) in [6.45, 7) is 1.60. The molecule has 0 spiro atoms. The summed E-state index contributed by atoms with van der Waals surface area (Å²) >= 11 is 1.13. The number of nitrogens with one attached hydrogen (secondary N) is 1. The van der Waals surface area contributed by atoms with Crippen molar-refractivity contribution >= 4 is 39.7 Å². The van der Waals surface area contributed by atoms with Gasteiger partial charge in [0, 0.05) is 5.38 Å². The number of nitrogens with two attached hydrogens (primary N) is 2. The van der Waals surface area contributed by atoms with Gasteiger partial charge in [-0.05, 0) is 41.0 Å². The second-order valence-corrected chi connectivity index (χ2v) is 5.81. The van der Waals surface area contributed by atoms with Crippen molar-refractivity contribution in [3.05, 3.63) is 46.3 Å². The molecule has 0 unspecified atom stereocenters. The van der Waals surface area contributed by atoms with E-state index < -0.39 is 5.91 Å². The standard InChI is InChI=1S/C14H12FN7O2S/c1-6-4-7(2-3-8(6)15)18-11(16)10-12(22-24-21-10)20-13(23)9-5-25-14(17)19-9/h2-5H,1H3,(H2,16,18)(H2,17,19)(H,20,22,23). The number of anilines is 2. The lowest BCUT2D eigenvalue weighted by atomic mass is 10.2. The second kappa shape index (κ2) is 6.65. The number of nitrogens with zero attached hydrogens (tertiary/aromatic N) is 4. The first-order chi connectivity index (χ1) is 11.9. The van der Waals surface area contributed by atoms with Crippen molar-refractivity contribution in [1.29, 1.82) is 0 Å². The van der Waals surface area contributed by atoms with E-state index in [0.29, 0.717) is 11.3 Å². The molecule has 5 N–H and O–H groups in total. The third kappa shape index (κ3) is 3.61. The zero-order chi connectivity index (χ0) is 18.0. The summed E-state index contributed by atoms with van der Waals surface area (Å²) in [5.74, 6) is -0.969. The predicted molar refractivity (Wildman–Crippen MR) is 90.3 cm³/mol. The number of aliphatic imine (C=N–C) groups is 1. The average Bonchev–Trinajstić information content (AvgIpc) is 3.20. The van der Waals surface area contributed by atoms with Crippen LogP contribution in [-0.2, 0) is 0 Å². The maximum Gasteiger partial charge on any atom is 0.276 e. The highest BCUT2D eigenvalue weighted by atomic mass is 32.1. The Hall–Kier alpha value is -3.34. The molecule has 0 bridgehead atoms. The number of aromatic nitrogens is 3. The Bertz CT molecular complexity index is 966. The van der Waals surface area contributed by atoms with Crippen molar-refractivity contribution in [1.82, 2.24) is 15.3 Å². The lowest BCUT2D eigenvalue weighted by Crippen LogP contribution is -2.19. The van der Waals surface area contributed by atoms with Gasteiger partial charge in [-0.2, -0.15) is 0 Å². The molecule has 2 aromatic heterocycles. The number of hydrogen-bond acceptors (Lipinski definition) is 8. The molecule has 0 saturated heterocycles. The third-order valence-corrected chi connectivity index (χ3v) is 3.78. The number of halogens is 1. The third-order valence-electron chi connectivity index (χ3n) is 3.11. The summed E-state index contributed by atoms with van der Waals surface area (Å²) in [5, 5.41) is 11.4. The monoisotopic (exact) mass is 361 g/mol. The van der Waals surface area contributed by atoms with Crippen LogP contribution >= 0.6 is 11.3 Å². The molecule has 0 aliphatic carbocycles. The van der Waals surface area contributed by atoms with Crippen LogP contribution in [0.2, 0.25) is 0 Å². The minimum Gasteiger partial charge on any atom is -0.382 e. The fourth-order valence-electron chi connectivity index (χ4n) is 1.89. The van der Waals surface area contributed by atoms with E-state index in [9.17, 15) is 9.18 Å². The highest BCUT2D eigenvalue weighted by Crippen LogP contribution is 2.19. The lowest BCUT2D eigenvalue weighted by Gasteiger charge is -2.02. The zero-order valence-corrected chi connectivity index (χ0v) is 13.7. The van der Waals surface area contributed by atoms with E-state index in [0.717, 1.165) is 11.3 Å². The van der Waals surface area contributed by atoms with Crippen molar-refractivity contribution in [2.45, 2.75) is 6.92 Å². The van der Waals surface area contributed by atoms with Crippen LogP contribution in [0.5, 0.6) is 0 Å². The molecule has 0 aliphatic heterocycles. The first-order valence-electron chi connectivity index (χ1n) is 6.89. The number of thiazole rings is 1. The van der Waals surface area contributed by atoms with Gasteiger partial charge < -0.3 is 16.8 Å². The topological polar surface area (TPSA) is 145 Å². The summed E-state index contributed by atoms with van der Waals surface area (Å²) < 4.78 is 17.9. The molecular formula is C14H12FN7O2S. The van der Waals surface area contributed by atoms with Gasteiger partial charge in [-0.1, -0.05) is 0 Å². The molecule has 1 aromatic carbocycles. The second-order valence-electron chi connectivity index (χ2n) is 4.92. The van der Waals surface area contributed by atoms with Gasteiger partial charge >= 0.3 is 0 Å². The molecule has 11 heteroatoms. The van der Waals surface area contributed by atoms with Gasteiger partial charge in [-0.25, -0.2) is 19.0 Å². The van der Waals surface area contributed by atoms with Gasteiger partial charge in [0.05, 0.1) is 5.69 Å². The minimum absolute atomic E-state index is 0.0170. The highest BCUT2D eigenvalue weighted by molar-refractivity contribution is 7.13. The SMILES string of the molecule is Cc1cc(N=C(N)c2nonc2NC(=O)c2csc(N)n2)ccc1F. The molecule has 0 radical (unpaired) electrons. The van der Waals surface area contributed by atoms with Crippen LogP contribution in [0.25, 0.3) is 0 Å². The van der Waals surface area contributed by atoms with Crippen molar-refractivity contribution in [2.24, 2.45) is 10.7 Å². The molecule has 9 nitrogen and oxygen atoms in total. The van der Waals surface area contributed by atoms with E-state index in [1.165, 1.54) is 23.6 Å². The first kappa shape index (κ1) is 16.5. The number of amides is 1. The fourth-order valence-corrected chi connectivity index (χ4v) is 2.44. The fraction of sp³-hybridized carbons (Fsp3) is 0.0714. The molecule has 128 valence electrons. The van der Waals surface area contributed by atoms with Gasteiger partial charge in [0.2, 0.25) is 5.82 Å². The number of nitrogen functional groups attached to an aromatic ring is 1. The quantitative estimate of drug-likeness (QED) is 0.475. The average molecular weight is 361 g/mol. The van der Waals surface area contributed by atoms with Crippen LogP contribution in [0.4, 0.5) is 21.0 Å². The minimum atomic E-state index is -0.546. The number of carbonyl (C=O) groups excluding carboxylic acids is 1. The molecule has 3 rings (SSSR count). The summed E-state index contributed by atoms with van der Waals surface area (Å²) in [4.78, 5) is 20.1. The van der Waals surface area contributed by atoms with E-state index in [1.807, 2.05) is 0 Å². The molecule has 3 aromatic rings. The van der Waals surface area contributed by atoms with Gasteiger partial charge in [0.1, 0.15) is 11.5 Å². The lowest BCUT2D eigenvalue weighted by molar-refractivity contribution is 0.102. The Morgan fingerprint density at radius 1 is 1.40 bits per heavy atom. The Balaban J connectivity index is 1.84. The number of benzene rings is 1. The zero-order valence-electron chi connectivity index (χ0n) is 12.9. The summed E-state index contributed by atoms with van der Waals surface area (Å²) in [6, 6.07) is 4.25. The van der Waals surface area contributed by atoms with E-state index in [4.69, 9.17) is 11.5 Å². The van der Waals surface area contributed by atoms with Crippen LogP contribution in [-0.4, -0.2) is 27.0 Å². The highest BCUT2D eigenvalue weighted by Gasteiger charge is 2.19. The van der Waals surface area contributed by atoms with Crippen LogP contribution in [0.1, 0.15) is 21.7 Å². The van der Waals surface area contributed by atoms with Gasteiger partial charge in [-0.15, -0.1) is 11.3 Å². The maximum absolute atomic E-state index is 13.3. The van der Waals surface area contributed by atoms with Gasteiger partial charge in [0.15, 0.2) is 16.7 Å². The van der Waals surface area contributed by atoms with Crippen molar-refractivity contribution < 1.29 is 13.8 Å². The summed E-state index contributed by atoms with van der Waals surface area (Å²) in [5.41, 5.74) is 12.4. The largest absolute Gasteiger partial charge is 0.382 e. The Morgan fingerprint density at radius 2 is 2.20 bits per heavy atom. The first-order valence-corrected chi connectivity index (χ1v) is 7.77. The molecule has 25 heavy (non-hydrogen) atoms. The molecule has 0 saturated carbocycles. The van der Waals surface area contributed by atoms with E-state index >= 15 is 0 Å². The molecule has 0 fully saturated rings. The molecular weight excluding hydrogens is 349 g/mol. The van der Waals surface area contributed by atoms with E-state index in [2.05, 4.69) is 30.2 Å². The van der Waals surface area contributed by atoms with Gasteiger partial charge in [-0.3, -0.25) is 4.79 Å². The molecule has 2 heterocycles. The van der Waals surface area contributed by atoms with Gasteiger partial charge in [0.25, 0.3) is 5.91 Å². The van der Waals surface area contributed by atoms with Crippen LogP contribution in [0.3, 0.4) is 0 Å². The number of hydrogen-bond donors (Lipinski definition) is 3. The van der Waals surface area contributed by atoms with Crippen LogP contribution < -0.4 is 16.8 Å². The molecule has 0 aliphatic rings. The Kier molecular flexibility index (Phi) is 4.39. The smallest absolute Gasteiger partial charge is 0.276 e. The maximum atomic E-state index is 13.3. The molecule has 1 amide bonds. The Labute approximate surface area is 144 Å². The number of aryl methyl sites for hydroxylation is 1. The van der Waals surface area contributed by atoms with Crippen molar-refractivity contribution in [3.63, 3.8) is 0 Å². The predicted octanol–water partition coefficient (Wildman–Crippen LogP) is 1.85. The Morgan fingerprint density at radius 3 is 2.88 bits per heavy atom. The number of rotatable bonds is 4. The van der Waals surface area contributed by atoms with Crippen LogP contribution in [0, 0.1) is 12.7 Å². The van der Waals surface area contributed by atoms with Crippen molar-refractivity contribution in [2.75, 3.05) is 11.1 Å². The number of carbonyl (C=O) groups is 1. The van der Waals surface area contributed by atoms with E-state index in [1.54, 1.807) is 6.92 Å². The molecule has 0 atom stereocenters. The van der Waals surface area contributed by atoms with E-state index in [-0.39, 0.29) is 34.0 Å². The summed E-state index contributed by atoms with van der Waals surface area (Å²) in [6.07, 6.45) is 0. The summed E-state index contributed by atoms with van der Waals surface area (Å²) in [7, 11) is 0.